The van der Waals surface area contributed by atoms with Crippen LogP contribution in [-0.2, 0) is 13.9 Å². The fraction of sp³-hybridized carbons (Fsp3) is 0.800. The Hall–Kier alpha value is -0.380. The average Bonchev–Trinajstić information content (AvgIpc) is 1.53. The average molecular weight is 181 g/mol. The van der Waals surface area contributed by atoms with Crippen LogP contribution in [0.4, 0.5) is 0 Å². The molecule has 0 amide bonds. The maximum Gasteiger partial charge on any atom is 0.375 e. The van der Waals surface area contributed by atoms with Gasteiger partial charge in [0.05, 0.1) is 6.42 Å². The maximum atomic E-state index is 10.6. The third kappa shape index (κ3) is 7.52. The molecular formula is C5H12NO4P. The molecule has 0 spiro atoms. The molecule has 0 saturated heterocycles. The quantitative estimate of drug-likeness (QED) is 0.602. The highest BCUT2D eigenvalue weighted by molar-refractivity contribution is 7.52. The van der Waals surface area contributed by atoms with Gasteiger partial charge in [0.2, 0.25) is 0 Å². The van der Waals surface area contributed by atoms with Gasteiger partial charge < -0.3 is 15.2 Å². The van der Waals surface area contributed by atoms with E-state index in [1.165, 1.54) is 0 Å². The Bertz CT molecular complexity index is 185. The van der Waals surface area contributed by atoms with Crippen molar-refractivity contribution in [3.8, 4) is 0 Å². The monoisotopic (exact) mass is 181 g/mol. The van der Waals surface area contributed by atoms with Crippen LogP contribution in [0.1, 0.15) is 13.3 Å². The molecule has 0 rings (SSSR count). The van der Waals surface area contributed by atoms with Gasteiger partial charge in [-0.2, -0.15) is 0 Å². The predicted octanol–water partition coefficient (Wildman–Crippen LogP) is 0.0821. The minimum atomic E-state index is -3.68. The third-order valence-corrected chi connectivity index (χ3v) is 1.30. The minimum absolute atomic E-state index is 0.0433. The number of carbonyl (C=O) groups excluding carboxylic acids is 1. The van der Waals surface area contributed by atoms with Crippen molar-refractivity contribution in [3.63, 3.8) is 0 Å². The van der Waals surface area contributed by atoms with Crippen molar-refractivity contribution in [2.75, 3.05) is 6.66 Å². The molecule has 0 aliphatic heterocycles. The summed E-state index contributed by atoms with van der Waals surface area (Å²) in [7, 11) is -3.68. The lowest BCUT2D eigenvalue weighted by molar-refractivity contribution is -0.135. The molecule has 0 fully saturated rings. The van der Waals surface area contributed by atoms with E-state index in [2.05, 4.69) is 4.52 Å². The molecule has 1 unspecified atom stereocenters. The third-order valence-electron chi connectivity index (χ3n) is 0.760. The van der Waals surface area contributed by atoms with Crippen molar-refractivity contribution in [1.82, 2.24) is 0 Å². The molecule has 0 aliphatic carbocycles. The van der Waals surface area contributed by atoms with Crippen molar-refractivity contribution in [2.45, 2.75) is 19.4 Å². The first-order valence-corrected chi connectivity index (χ1v) is 5.12. The summed E-state index contributed by atoms with van der Waals surface area (Å²) in [5.41, 5.74) is 5.24. The van der Waals surface area contributed by atoms with Gasteiger partial charge in [-0.25, -0.2) is 4.57 Å². The standard InChI is InChI=1S/C5H12NO4P/c1-4(6)3-5(7)10-11(2,8)9/h4H,3,6H2,1-2H3,(H,8,9)/t4-/m1/s1. The lowest BCUT2D eigenvalue weighted by Crippen LogP contribution is -2.20. The van der Waals surface area contributed by atoms with Gasteiger partial charge in [-0.15, -0.1) is 0 Å². The summed E-state index contributed by atoms with van der Waals surface area (Å²) in [6, 6.07) is -0.353. The van der Waals surface area contributed by atoms with E-state index in [0.29, 0.717) is 0 Å². The van der Waals surface area contributed by atoms with Gasteiger partial charge in [-0.05, 0) is 6.92 Å². The largest absolute Gasteiger partial charge is 0.392 e. The van der Waals surface area contributed by atoms with Crippen LogP contribution in [0.5, 0.6) is 0 Å². The highest BCUT2D eigenvalue weighted by Crippen LogP contribution is 2.36. The van der Waals surface area contributed by atoms with Crippen molar-refractivity contribution in [3.05, 3.63) is 0 Å². The van der Waals surface area contributed by atoms with Gasteiger partial charge in [-0.1, -0.05) is 0 Å². The Morgan fingerprint density at radius 3 is 2.55 bits per heavy atom. The number of hydrogen-bond donors (Lipinski definition) is 2. The van der Waals surface area contributed by atoms with Gasteiger partial charge >= 0.3 is 13.6 Å². The minimum Gasteiger partial charge on any atom is -0.392 e. The first-order chi connectivity index (χ1) is 4.81. The SMILES string of the molecule is C[C@@H](N)CC(=O)OP(C)(=O)O. The van der Waals surface area contributed by atoms with Crippen molar-refractivity contribution in [1.29, 1.82) is 0 Å². The summed E-state index contributed by atoms with van der Waals surface area (Å²) in [6.07, 6.45) is -0.0433. The molecule has 0 radical (unpaired) electrons. The molecule has 3 N–H and O–H groups in total. The fourth-order valence-corrected chi connectivity index (χ4v) is 0.941. The normalized spacial score (nSPS) is 18.5. The smallest absolute Gasteiger partial charge is 0.375 e. The van der Waals surface area contributed by atoms with E-state index in [-0.39, 0.29) is 12.5 Å². The molecule has 0 bridgehead atoms. The molecule has 5 nitrogen and oxygen atoms in total. The van der Waals surface area contributed by atoms with E-state index in [0.717, 1.165) is 6.66 Å². The van der Waals surface area contributed by atoms with E-state index in [4.69, 9.17) is 10.6 Å². The molecule has 0 aromatic carbocycles. The zero-order valence-corrected chi connectivity index (χ0v) is 7.38. The van der Waals surface area contributed by atoms with E-state index in [9.17, 15) is 9.36 Å². The molecule has 0 aliphatic rings. The molecule has 0 aromatic rings. The molecular weight excluding hydrogens is 169 g/mol. The summed E-state index contributed by atoms with van der Waals surface area (Å²) in [5, 5.41) is 0. The van der Waals surface area contributed by atoms with Gasteiger partial charge in [0.15, 0.2) is 0 Å². The molecule has 11 heavy (non-hydrogen) atoms. The zero-order valence-electron chi connectivity index (χ0n) is 6.48. The predicted molar refractivity (Wildman–Crippen MR) is 40.1 cm³/mol. The Kier molecular flexibility index (Phi) is 3.72. The fourth-order valence-electron chi connectivity index (χ4n) is 0.489. The van der Waals surface area contributed by atoms with Crippen LogP contribution in [0.3, 0.4) is 0 Å². The van der Waals surface area contributed by atoms with E-state index < -0.39 is 13.6 Å². The van der Waals surface area contributed by atoms with Gasteiger partial charge in [0.25, 0.3) is 0 Å². The number of carbonyl (C=O) groups is 1. The Balaban J connectivity index is 3.80. The van der Waals surface area contributed by atoms with Crippen molar-refractivity contribution in [2.24, 2.45) is 5.73 Å². The summed E-state index contributed by atoms with van der Waals surface area (Å²) in [5.74, 6) is -0.742. The molecule has 0 saturated carbocycles. The second kappa shape index (κ2) is 3.85. The zero-order chi connectivity index (χ0) is 9.07. The molecule has 6 heteroatoms. The van der Waals surface area contributed by atoms with Crippen LogP contribution in [0.15, 0.2) is 0 Å². The molecule has 0 aromatic heterocycles. The van der Waals surface area contributed by atoms with E-state index in [1.807, 2.05) is 0 Å². The van der Waals surface area contributed by atoms with Crippen molar-refractivity contribution < 1.29 is 18.8 Å². The lowest BCUT2D eigenvalue weighted by atomic mass is 10.3. The Morgan fingerprint density at radius 2 is 2.27 bits per heavy atom. The van der Waals surface area contributed by atoms with Gasteiger partial charge in [0.1, 0.15) is 0 Å². The molecule has 2 atom stereocenters. The Labute approximate surface area is 65.1 Å². The molecule has 66 valence electrons. The second-order valence-corrected chi connectivity index (χ2v) is 4.24. The lowest BCUT2D eigenvalue weighted by Gasteiger charge is -2.07. The second-order valence-electron chi connectivity index (χ2n) is 2.45. The molecule has 0 heterocycles. The number of hydrogen-bond acceptors (Lipinski definition) is 4. The maximum absolute atomic E-state index is 10.6. The summed E-state index contributed by atoms with van der Waals surface area (Å²) >= 11 is 0. The van der Waals surface area contributed by atoms with Crippen LogP contribution in [-0.4, -0.2) is 23.6 Å². The first-order valence-electron chi connectivity index (χ1n) is 3.09. The van der Waals surface area contributed by atoms with E-state index in [1.54, 1.807) is 6.92 Å². The van der Waals surface area contributed by atoms with Gasteiger partial charge in [0, 0.05) is 12.7 Å². The van der Waals surface area contributed by atoms with Crippen LogP contribution in [0.25, 0.3) is 0 Å². The summed E-state index contributed by atoms with van der Waals surface area (Å²) in [4.78, 5) is 19.2. The summed E-state index contributed by atoms with van der Waals surface area (Å²) < 4.78 is 14.6. The van der Waals surface area contributed by atoms with Crippen molar-refractivity contribution >= 4 is 13.6 Å². The van der Waals surface area contributed by atoms with E-state index >= 15 is 0 Å². The van der Waals surface area contributed by atoms with Crippen LogP contribution < -0.4 is 5.73 Å². The topological polar surface area (TPSA) is 89.6 Å². The highest BCUT2D eigenvalue weighted by Gasteiger charge is 2.17. The Morgan fingerprint density at radius 1 is 1.82 bits per heavy atom. The first kappa shape index (κ1) is 10.6. The highest BCUT2D eigenvalue weighted by atomic mass is 31.2. The number of rotatable bonds is 3. The van der Waals surface area contributed by atoms with Gasteiger partial charge in [-0.3, -0.25) is 4.79 Å². The van der Waals surface area contributed by atoms with Crippen LogP contribution in [0, 0.1) is 0 Å². The number of nitrogens with two attached hydrogens (primary N) is 1. The van der Waals surface area contributed by atoms with Crippen LogP contribution >= 0.6 is 7.60 Å². The summed E-state index contributed by atoms with van der Waals surface area (Å²) in [6.45, 7) is 2.56. The van der Waals surface area contributed by atoms with Crippen LogP contribution in [0.2, 0.25) is 0 Å².